The molecular weight excluding hydrogens is 150 g/mol. The van der Waals surface area contributed by atoms with Crippen molar-refractivity contribution >= 4 is 0 Å². The molecule has 2 heteroatoms. The minimum atomic E-state index is 0.316. The van der Waals surface area contributed by atoms with E-state index in [1.54, 1.807) is 0 Å². The fourth-order valence-corrected chi connectivity index (χ4v) is 1.64. The Morgan fingerprint density at radius 1 is 1.58 bits per heavy atom. The van der Waals surface area contributed by atoms with E-state index >= 15 is 0 Å². The summed E-state index contributed by atoms with van der Waals surface area (Å²) in [4.78, 5) is 2.35. The predicted octanol–water partition coefficient (Wildman–Crippen LogP) is 1.41. The van der Waals surface area contributed by atoms with Crippen molar-refractivity contribution in [1.29, 1.82) is 0 Å². The molecule has 0 radical (unpaired) electrons. The minimum Gasteiger partial charge on any atom is -0.395 e. The van der Waals surface area contributed by atoms with Gasteiger partial charge in [0.15, 0.2) is 0 Å². The number of aliphatic hydroxyl groups is 1. The van der Waals surface area contributed by atoms with Gasteiger partial charge in [0.2, 0.25) is 0 Å². The van der Waals surface area contributed by atoms with Gasteiger partial charge in [-0.3, -0.25) is 4.90 Å². The van der Waals surface area contributed by atoms with Crippen molar-refractivity contribution in [1.82, 2.24) is 4.90 Å². The average Bonchev–Trinajstić information content (AvgIpc) is 2.47. The topological polar surface area (TPSA) is 23.5 Å². The molecule has 0 aliphatic carbocycles. The van der Waals surface area contributed by atoms with Crippen LogP contribution in [0.4, 0.5) is 0 Å². The molecule has 2 nitrogen and oxygen atoms in total. The highest BCUT2D eigenvalue weighted by molar-refractivity contribution is 4.96. The van der Waals surface area contributed by atoms with Crippen molar-refractivity contribution in [3.8, 4) is 0 Å². The van der Waals surface area contributed by atoms with E-state index in [1.165, 1.54) is 12.0 Å². The second-order valence-electron chi connectivity index (χ2n) is 3.76. The van der Waals surface area contributed by atoms with E-state index in [0.717, 1.165) is 19.5 Å². The van der Waals surface area contributed by atoms with Gasteiger partial charge in [0.1, 0.15) is 0 Å². The smallest absolute Gasteiger partial charge is 0.0587 e. The minimum absolute atomic E-state index is 0.316. The van der Waals surface area contributed by atoms with Crippen LogP contribution >= 0.6 is 0 Å². The standard InChI is InChI=1S/C10H19NO/c1-9(2)5-7-11-6-3-4-10(11)8-12/h5,10,12H,3-4,6-8H2,1-2H3/t10-/m0/s1. The summed E-state index contributed by atoms with van der Waals surface area (Å²) in [6.45, 7) is 6.70. The zero-order valence-electron chi connectivity index (χ0n) is 8.08. The molecule has 1 atom stereocenters. The first-order valence-corrected chi connectivity index (χ1v) is 4.72. The van der Waals surface area contributed by atoms with Gasteiger partial charge >= 0.3 is 0 Å². The Bertz CT molecular complexity index is 161. The number of rotatable bonds is 3. The number of likely N-dealkylation sites (tertiary alicyclic amines) is 1. The maximum Gasteiger partial charge on any atom is 0.0587 e. The molecule has 12 heavy (non-hydrogen) atoms. The fraction of sp³-hybridized carbons (Fsp3) is 0.800. The zero-order valence-corrected chi connectivity index (χ0v) is 8.08. The maximum absolute atomic E-state index is 9.04. The molecule has 70 valence electrons. The van der Waals surface area contributed by atoms with Gasteiger partial charge in [-0.25, -0.2) is 0 Å². The summed E-state index contributed by atoms with van der Waals surface area (Å²) in [7, 11) is 0. The van der Waals surface area contributed by atoms with E-state index in [-0.39, 0.29) is 0 Å². The van der Waals surface area contributed by atoms with Crippen LogP contribution in [-0.4, -0.2) is 35.7 Å². The van der Waals surface area contributed by atoms with Gasteiger partial charge in [-0.1, -0.05) is 11.6 Å². The van der Waals surface area contributed by atoms with Crippen LogP contribution in [0.1, 0.15) is 26.7 Å². The SMILES string of the molecule is CC(C)=CCN1CCC[C@H]1CO. The Kier molecular flexibility index (Phi) is 3.76. The summed E-state index contributed by atoms with van der Waals surface area (Å²) in [6.07, 6.45) is 4.63. The van der Waals surface area contributed by atoms with E-state index < -0.39 is 0 Å². The van der Waals surface area contributed by atoms with E-state index in [0.29, 0.717) is 12.6 Å². The molecule has 0 bridgehead atoms. The number of hydrogen-bond donors (Lipinski definition) is 1. The molecule has 0 saturated carbocycles. The van der Waals surface area contributed by atoms with Gasteiger partial charge < -0.3 is 5.11 Å². The molecule has 0 aromatic heterocycles. The Balaban J connectivity index is 2.35. The first-order chi connectivity index (χ1) is 5.74. The molecule has 0 unspecified atom stereocenters. The van der Waals surface area contributed by atoms with Crippen molar-refractivity contribution in [2.24, 2.45) is 0 Å². The number of nitrogens with zero attached hydrogens (tertiary/aromatic N) is 1. The van der Waals surface area contributed by atoms with Crippen LogP contribution in [0.25, 0.3) is 0 Å². The molecule has 1 rings (SSSR count). The zero-order chi connectivity index (χ0) is 8.97. The maximum atomic E-state index is 9.04. The summed E-state index contributed by atoms with van der Waals surface area (Å²) in [6, 6.07) is 0.417. The van der Waals surface area contributed by atoms with Crippen LogP contribution in [0.15, 0.2) is 11.6 Å². The summed E-state index contributed by atoms with van der Waals surface area (Å²) >= 11 is 0. The van der Waals surface area contributed by atoms with Gasteiger partial charge in [-0.15, -0.1) is 0 Å². The normalized spacial score (nSPS) is 24.4. The summed E-state index contributed by atoms with van der Waals surface area (Å²) in [5, 5.41) is 9.04. The predicted molar refractivity (Wildman–Crippen MR) is 51.1 cm³/mol. The quantitative estimate of drug-likeness (QED) is 0.646. The van der Waals surface area contributed by atoms with Crippen LogP contribution in [0, 0.1) is 0 Å². The second-order valence-corrected chi connectivity index (χ2v) is 3.76. The third-order valence-corrected chi connectivity index (χ3v) is 2.44. The Morgan fingerprint density at radius 2 is 2.33 bits per heavy atom. The average molecular weight is 169 g/mol. The Hall–Kier alpha value is -0.340. The van der Waals surface area contributed by atoms with Gasteiger partial charge in [0.25, 0.3) is 0 Å². The van der Waals surface area contributed by atoms with Crippen molar-refractivity contribution in [3.63, 3.8) is 0 Å². The van der Waals surface area contributed by atoms with Gasteiger partial charge in [-0.05, 0) is 33.2 Å². The van der Waals surface area contributed by atoms with Crippen molar-refractivity contribution in [2.45, 2.75) is 32.7 Å². The van der Waals surface area contributed by atoms with Crippen LogP contribution in [0.2, 0.25) is 0 Å². The van der Waals surface area contributed by atoms with Crippen LogP contribution in [-0.2, 0) is 0 Å². The first kappa shape index (κ1) is 9.75. The summed E-state index contributed by atoms with van der Waals surface area (Å²) in [5.41, 5.74) is 1.36. The lowest BCUT2D eigenvalue weighted by Crippen LogP contribution is -2.32. The molecule has 1 aliphatic rings. The van der Waals surface area contributed by atoms with Gasteiger partial charge in [0.05, 0.1) is 6.61 Å². The van der Waals surface area contributed by atoms with Gasteiger partial charge in [0, 0.05) is 12.6 Å². The number of hydrogen-bond acceptors (Lipinski definition) is 2. The third-order valence-electron chi connectivity index (χ3n) is 2.44. The molecular formula is C10H19NO. The fourth-order valence-electron chi connectivity index (χ4n) is 1.64. The number of aliphatic hydroxyl groups excluding tert-OH is 1. The van der Waals surface area contributed by atoms with Crippen molar-refractivity contribution in [3.05, 3.63) is 11.6 Å². The van der Waals surface area contributed by atoms with Gasteiger partial charge in [-0.2, -0.15) is 0 Å². The molecule has 0 spiro atoms. The molecule has 0 amide bonds. The summed E-state index contributed by atoms with van der Waals surface area (Å²) in [5.74, 6) is 0. The Labute approximate surface area is 74.9 Å². The van der Waals surface area contributed by atoms with E-state index in [1.807, 2.05) is 0 Å². The summed E-state index contributed by atoms with van der Waals surface area (Å²) < 4.78 is 0. The Morgan fingerprint density at radius 3 is 2.92 bits per heavy atom. The molecule has 1 N–H and O–H groups in total. The number of allylic oxidation sites excluding steroid dienone is 1. The van der Waals surface area contributed by atoms with Crippen LogP contribution in [0.3, 0.4) is 0 Å². The van der Waals surface area contributed by atoms with Crippen molar-refractivity contribution < 1.29 is 5.11 Å². The molecule has 0 aromatic rings. The van der Waals surface area contributed by atoms with Crippen molar-refractivity contribution in [2.75, 3.05) is 19.7 Å². The molecule has 1 saturated heterocycles. The highest BCUT2D eigenvalue weighted by Crippen LogP contribution is 2.16. The van der Waals surface area contributed by atoms with Crippen LogP contribution in [0.5, 0.6) is 0 Å². The van der Waals surface area contributed by atoms with E-state index in [2.05, 4.69) is 24.8 Å². The molecule has 1 fully saturated rings. The van der Waals surface area contributed by atoms with E-state index in [9.17, 15) is 0 Å². The molecule has 1 aliphatic heterocycles. The molecule has 1 heterocycles. The largest absolute Gasteiger partial charge is 0.395 e. The highest BCUT2D eigenvalue weighted by atomic mass is 16.3. The lowest BCUT2D eigenvalue weighted by Gasteiger charge is -2.20. The first-order valence-electron chi connectivity index (χ1n) is 4.72. The highest BCUT2D eigenvalue weighted by Gasteiger charge is 2.21. The monoisotopic (exact) mass is 169 g/mol. The lowest BCUT2D eigenvalue weighted by molar-refractivity contribution is 0.170. The molecule has 0 aromatic carbocycles. The van der Waals surface area contributed by atoms with Crippen LogP contribution < -0.4 is 0 Å². The lowest BCUT2D eigenvalue weighted by atomic mass is 10.2. The second kappa shape index (κ2) is 4.63. The third kappa shape index (κ3) is 2.61. The van der Waals surface area contributed by atoms with E-state index in [4.69, 9.17) is 5.11 Å².